The Labute approximate surface area is 79.6 Å². The molecular formula is C11H17NO. The largest absolute Gasteiger partial charge is 0.506 e. The van der Waals surface area contributed by atoms with E-state index < -0.39 is 0 Å². The van der Waals surface area contributed by atoms with E-state index >= 15 is 0 Å². The summed E-state index contributed by atoms with van der Waals surface area (Å²) in [6, 6.07) is 3.45. The Balaban J connectivity index is 2.65. The van der Waals surface area contributed by atoms with E-state index in [2.05, 4.69) is 18.8 Å². The number of aromatic hydroxyl groups is 1. The van der Waals surface area contributed by atoms with Gasteiger partial charge in [0.1, 0.15) is 5.75 Å². The molecule has 1 rings (SSSR count). The zero-order valence-electron chi connectivity index (χ0n) is 8.33. The van der Waals surface area contributed by atoms with Crippen molar-refractivity contribution in [3.63, 3.8) is 0 Å². The maximum absolute atomic E-state index is 9.52. The van der Waals surface area contributed by atoms with Gasteiger partial charge in [-0.25, -0.2) is 0 Å². The van der Waals surface area contributed by atoms with E-state index in [0.717, 1.165) is 12.1 Å². The van der Waals surface area contributed by atoms with Crippen molar-refractivity contribution in [2.45, 2.75) is 39.0 Å². The van der Waals surface area contributed by atoms with E-state index in [-0.39, 0.29) is 0 Å². The molecule has 0 aliphatic carbocycles. The van der Waals surface area contributed by atoms with Gasteiger partial charge in [0.05, 0.1) is 5.69 Å². The van der Waals surface area contributed by atoms with Crippen molar-refractivity contribution in [1.82, 2.24) is 4.98 Å². The second-order valence-corrected chi connectivity index (χ2v) is 3.45. The fraction of sp³-hybridized carbons (Fsp3) is 0.545. The second-order valence-electron chi connectivity index (χ2n) is 3.45. The first kappa shape index (κ1) is 10.0. The summed E-state index contributed by atoms with van der Waals surface area (Å²) in [6.45, 7) is 4.28. The molecule has 0 saturated carbocycles. The third-order valence-electron chi connectivity index (χ3n) is 2.27. The van der Waals surface area contributed by atoms with Crippen molar-refractivity contribution in [2.75, 3.05) is 0 Å². The smallest absolute Gasteiger partial charge is 0.137 e. The molecule has 0 saturated heterocycles. The molecule has 0 spiro atoms. The third kappa shape index (κ3) is 2.72. The van der Waals surface area contributed by atoms with E-state index in [9.17, 15) is 5.11 Å². The maximum atomic E-state index is 9.52. The average molecular weight is 179 g/mol. The minimum atomic E-state index is 0.325. The molecule has 0 aliphatic rings. The van der Waals surface area contributed by atoms with Crippen molar-refractivity contribution in [1.29, 1.82) is 0 Å². The van der Waals surface area contributed by atoms with Gasteiger partial charge < -0.3 is 5.11 Å². The molecule has 0 amide bonds. The number of aromatic nitrogens is 1. The first-order chi connectivity index (χ1) is 6.25. The van der Waals surface area contributed by atoms with Crippen molar-refractivity contribution in [2.24, 2.45) is 0 Å². The molecule has 13 heavy (non-hydrogen) atoms. The van der Waals surface area contributed by atoms with Gasteiger partial charge in [-0.05, 0) is 18.6 Å². The Kier molecular flexibility index (Phi) is 3.74. The molecule has 0 aliphatic heterocycles. The molecule has 0 aromatic carbocycles. The van der Waals surface area contributed by atoms with Crippen molar-refractivity contribution < 1.29 is 5.11 Å². The van der Waals surface area contributed by atoms with Gasteiger partial charge in [0, 0.05) is 12.1 Å². The van der Waals surface area contributed by atoms with Crippen LogP contribution >= 0.6 is 0 Å². The van der Waals surface area contributed by atoms with Crippen LogP contribution in [0.1, 0.15) is 44.7 Å². The Morgan fingerprint density at radius 1 is 1.54 bits per heavy atom. The normalized spacial score (nSPS) is 12.8. The van der Waals surface area contributed by atoms with E-state index in [1.165, 1.54) is 12.8 Å². The molecular weight excluding hydrogens is 162 g/mol. The number of pyridine rings is 1. The first-order valence-corrected chi connectivity index (χ1v) is 4.89. The lowest BCUT2D eigenvalue weighted by Gasteiger charge is -2.10. The standard InChI is InChI=1S/C11H17NO/c1-3-4-6-9(2)11-10(13)7-5-8-12-11/h5,7-9,13H,3-4,6H2,1-2H3. The topological polar surface area (TPSA) is 33.1 Å². The number of unbranched alkanes of at least 4 members (excludes halogenated alkanes) is 1. The molecule has 1 atom stereocenters. The zero-order valence-corrected chi connectivity index (χ0v) is 8.33. The van der Waals surface area contributed by atoms with Gasteiger partial charge in [-0.3, -0.25) is 4.98 Å². The Hall–Kier alpha value is -1.05. The molecule has 2 heteroatoms. The van der Waals surface area contributed by atoms with Gasteiger partial charge in [0.25, 0.3) is 0 Å². The molecule has 1 unspecified atom stereocenters. The summed E-state index contributed by atoms with van der Waals surface area (Å²) in [5.74, 6) is 0.687. The predicted octanol–water partition coefficient (Wildman–Crippen LogP) is 3.08. The third-order valence-corrected chi connectivity index (χ3v) is 2.27. The monoisotopic (exact) mass is 179 g/mol. The molecule has 0 fully saturated rings. The minimum Gasteiger partial charge on any atom is -0.506 e. The highest BCUT2D eigenvalue weighted by molar-refractivity contribution is 5.27. The van der Waals surface area contributed by atoms with Crippen LogP contribution < -0.4 is 0 Å². The molecule has 72 valence electrons. The summed E-state index contributed by atoms with van der Waals surface area (Å²) >= 11 is 0. The van der Waals surface area contributed by atoms with Crippen LogP contribution in [0.3, 0.4) is 0 Å². The van der Waals surface area contributed by atoms with Crippen LogP contribution in [0.5, 0.6) is 5.75 Å². The summed E-state index contributed by atoms with van der Waals surface area (Å²) < 4.78 is 0. The summed E-state index contributed by atoms with van der Waals surface area (Å²) in [7, 11) is 0. The highest BCUT2D eigenvalue weighted by atomic mass is 16.3. The van der Waals surface area contributed by atoms with E-state index in [1.54, 1.807) is 18.3 Å². The van der Waals surface area contributed by atoms with E-state index in [1.807, 2.05) is 0 Å². The van der Waals surface area contributed by atoms with Gasteiger partial charge >= 0.3 is 0 Å². The molecule has 1 aromatic rings. The van der Waals surface area contributed by atoms with Gasteiger partial charge in [0.15, 0.2) is 0 Å². The lowest BCUT2D eigenvalue weighted by molar-refractivity contribution is 0.453. The van der Waals surface area contributed by atoms with Crippen molar-refractivity contribution >= 4 is 0 Å². The Morgan fingerprint density at radius 3 is 2.92 bits per heavy atom. The van der Waals surface area contributed by atoms with Gasteiger partial charge in [-0.15, -0.1) is 0 Å². The fourth-order valence-corrected chi connectivity index (χ4v) is 1.44. The molecule has 2 nitrogen and oxygen atoms in total. The van der Waals surface area contributed by atoms with Crippen LogP contribution in [0, 0.1) is 0 Å². The second kappa shape index (κ2) is 4.85. The van der Waals surface area contributed by atoms with Crippen LogP contribution in [0.25, 0.3) is 0 Å². The molecule has 0 bridgehead atoms. The van der Waals surface area contributed by atoms with Crippen molar-refractivity contribution in [3.05, 3.63) is 24.0 Å². The highest BCUT2D eigenvalue weighted by Crippen LogP contribution is 2.26. The van der Waals surface area contributed by atoms with Gasteiger partial charge in [-0.1, -0.05) is 26.7 Å². The van der Waals surface area contributed by atoms with Crippen LogP contribution in [0.4, 0.5) is 0 Å². The number of hydrogen-bond donors (Lipinski definition) is 1. The number of rotatable bonds is 4. The van der Waals surface area contributed by atoms with Gasteiger partial charge in [0.2, 0.25) is 0 Å². The summed E-state index contributed by atoms with van der Waals surface area (Å²) in [6.07, 6.45) is 5.22. The number of nitrogens with zero attached hydrogens (tertiary/aromatic N) is 1. The van der Waals surface area contributed by atoms with E-state index in [0.29, 0.717) is 11.7 Å². The number of hydrogen-bond acceptors (Lipinski definition) is 2. The lowest BCUT2D eigenvalue weighted by atomic mass is 9.99. The predicted molar refractivity (Wildman–Crippen MR) is 53.8 cm³/mol. The fourth-order valence-electron chi connectivity index (χ4n) is 1.44. The zero-order chi connectivity index (χ0) is 9.68. The Morgan fingerprint density at radius 2 is 2.31 bits per heavy atom. The SMILES string of the molecule is CCCCC(C)c1ncccc1O. The molecule has 1 N–H and O–H groups in total. The first-order valence-electron chi connectivity index (χ1n) is 4.89. The summed E-state index contributed by atoms with van der Waals surface area (Å²) in [4.78, 5) is 4.18. The van der Waals surface area contributed by atoms with Crippen LogP contribution in [0.2, 0.25) is 0 Å². The summed E-state index contributed by atoms with van der Waals surface area (Å²) in [5.41, 5.74) is 0.830. The van der Waals surface area contributed by atoms with Gasteiger partial charge in [-0.2, -0.15) is 0 Å². The quantitative estimate of drug-likeness (QED) is 0.770. The van der Waals surface area contributed by atoms with Crippen molar-refractivity contribution in [3.8, 4) is 5.75 Å². The van der Waals surface area contributed by atoms with E-state index in [4.69, 9.17) is 0 Å². The molecule has 0 radical (unpaired) electrons. The van der Waals surface area contributed by atoms with Crippen LogP contribution in [0.15, 0.2) is 18.3 Å². The maximum Gasteiger partial charge on any atom is 0.137 e. The van der Waals surface area contributed by atoms with Crippen LogP contribution in [-0.2, 0) is 0 Å². The minimum absolute atomic E-state index is 0.325. The van der Waals surface area contributed by atoms with Crippen LogP contribution in [-0.4, -0.2) is 10.1 Å². The highest BCUT2D eigenvalue weighted by Gasteiger charge is 2.09. The summed E-state index contributed by atoms with van der Waals surface area (Å²) in [5, 5.41) is 9.52. The average Bonchev–Trinajstić information content (AvgIpc) is 2.15. The molecule has 1 aromatic heterocycles. The molecule has 1 heterocycles. The Bertz CT molecular complexity index is 260. The lowest BCUT2D eigenvalue weighted by Crippen LogP contribution is -1.96.